The fourth-order valence-electron chi connectivity index (χ4n) is 2.98. The predicted molar refractivity (Wildman–Crippen MR) is 89.6 cm³/mol. The van der Waals surface area contributed by atoms with Crippen molar-refractivity contribution in [2.24, 2.45) is 0 Å². The Balaban J connectivity index is 1.72. The lowest BCUT2D eigenvalue weighted by Gasteiger charge is -2.31. The summed E-state index contributed by atoms with van der Waals surface area (Å²) in [5, 5.41) is 2.00. The zero-order valence-electron chi connectivity index (χ0n) is 13.4. The number of likely N-dealkylation sites (tertiary alicyclic amines) is 1. The van der Waals surface area contributed by atoms with Crippen LogP contribution in [0.3, 0.4) is 0 Å². The van der Waals surface area contributed by atoms with Crippen LogP contribution in [0.5, 0.6) is 0 Å². The molecule has 0 aliphatic carbocycles. The molecule has 1 fully saturated rings. The SMILES string of the molecule is Cc1cnc([C@H]2CCCN(C(=O)c3csc(C(C)C)c3)C2)[nH]1. The summed E-state index contributed by atoms with van der Waals surface area (Å²) in [4.78, 5) is 23.7. The highest BCUT2D eigenvalue weighted by Gasteiger charge is 2.27. The molecule has 2 aromatic rings. The van der Waals surface area contributed by atoms with Crippen molar-refractivity contribution in [2.45, 2.75) is 45.4 Å². The van der Waals surface area contributed by atoms with E-state index in [1.165, 1.54) is 4.88 Å². The second-order valence-electron chi connectivity index (χ2n) is 6.43. The van der Waals surface area contributed by atoms with Crippen molar-refractivity contribution in [1.82, 2.24) is 14.9 Å². The van der Waals surface area contributed by atoms with Crippen LogP contribution in [-0.4, -0.2) is 33.9 Å². The van der Waals surface area contributed by atoms with Gasteiger partial charge in [0.05, 0.1) is 5.56 Å². The Morgan fingerprint density at radius 1 is 1.50 bits per heavy atom. The lowest BCUT2D eigenvalue weighted by Crippen LogP contribution is -2.39. The highest BCUT2D eigenvalue weighted by atomic mass is 32.1. The van der Waals surface area contributed by atoms with Gasteiger partial charge in [-0.2, -0.15) is 0 Å². The molecule has 4 nitrogen and oxygen atoms in total. The van der Waals surface area contributed by atoms with Crippen molar-refractivity contribution in [1.29, 1.82) is 0 Å². The van der Waals surface area contributed by atoms with Gasteiger partial charge in [-0.05, 0) is 31.7 Å². The number of imidazole rings is 1. The number of aromatic amines is 1. The van der Waals surface area contributed by atoms with Crippen molar-refractivity contribution in [2.75, 3.05) is 13.1 Å². The molecule has 0 unspecified atom stereocenters. The van der Waals surface area contributed by atoms with Gasteiger partial charge in [-0.25, -0.2) is 4.98 Å². The van der Waals surface area contributed by atoms with Gasteiger partial charge in [0.25, 0.3) is 5.91 Å². The lowest BCUT2D eigenvalue weighted by atomic mass is 9.97. The number of amides is 1. The summed E-state index contributed by atoms with van der Waals surface area (Å²) in [6.45, 7) is 7.95. The standard InChI is InChI=1S/C17H23N3OS/c1-11(2)15-7-14(10-22-15)17(21)20-6-4-5-13(9-20)16-18-8-12(3)19-16/h7-8,10-11,13H,4-6,9H2,1-3H3,(H,18,19)/t13-/m0/s1. The first kappa shape index (κ1) is 15.3. The van der Waals surface area contributed by atoms with Gasteiger partial charge in [0.2, 0.25) is 0 Å². The molecule has 1 atom stereocenters. The maximum Gasteiger partial charge on any atom is 0.254 e. The predicted octanol–water partition coefficient (Wildman–Crippen LogP) is 3.92. The first-order valence-corrected chi connectivity index (χ1v) is 8.81. The third-order valence-electron chi connectivity index (χ3n) is 4.25. The number of rotatable bonds is 3. The molecule has 1 amide bonds. The summed E-state index contributed by atoms with van der Waals surface area (Å²) in [6, 6.07) is 2.05. The summed E-state index contributed by atoms with van der Waals surface area (Å²) in [7, 11) is 0. The molecule has 0 radical (unpaired) electrons. The quantitative estimate of drug-likeness (QED) is 0.932. The number of aromatic nitrogens is 2. The summed E-state index contributed by atoms with van der Waals surface area (Å²) in [5.41, 5.74) is 1.92. The maximum absolute atomic E-state index is 12.7. The van der Waals surface area contributed by atoms with Crippen molar-refractivity contribution in [3.05, 3.63) is 39.6 Å². The minimum Gasteiger partial charge on any atom is -0.346 e. The smallest absolute Gasteiger partial charge is 0.254 e. The Labute approximate surface area is 135 Å². The summed E-state index contributed by atoms with van der Waals surface area (Å²) >= 11 is 1.68. The highest BCUT2D eigenvalue weighted by Crippen LogP contribution is 2.28. The van der Waals surface area contributed by atoms with Gasteiger partial charge < -0.3 is 9.88 Å². The Bertz CT molecular complexity index is 658. The van der Waals surface area contributed by atoms with E-state index in [9.17, 15) is 4.79 Å². The van der Waals surface area contributed by atoms with Crippen molar-refractivity contribution in [3.8, 4) is 0 Å². The molecule has 1 saturated heterocycles. The minimum absolute atomic E-state index is 0.163. The lowest BCUT2D eigenvalue weighted by molar-refractivity contribution is 0.0705. The molecule has 118 valence electrons. The zero-order chi connectivity index (χ0) is 15.7. The van der Waals surface area contributed by atoms with E-state index in [1.54, 1.807) is 11.3 Å². The summed E-state index contributed by atoms with van der Waals surface area (Å²) in [6.07, 6.45) is 4.00. The second kappa shape index (κ2) is 6.24. The average molecular weight is 317 g/mol. The van der Waals surface area contributed by atoms with Gasteiger partial charge in [0.1, 0.15) is 5.82 Å². The van der Waals surface area contributed by atoms with Gasteiger partial charge in [-0.3, -0.25) is 4.79 Å². The Hall–Kier alpha value is -1.62. The fraction of sp³-hybridized carbons (Fsp3) is 0.529. The zero-order valence-corrected chi connectivity index (χ0v) is 14.2. The number of H-pyrrole nitrogens is 1. The maximum atomic E-state index is 12.7. The number of hydrogen-bond acceptors (Lipinski definition) is 3. The van der Waals surface area contributed by atoms with E-state index in [4.69, 9.17) is 0 Å². The molecule has 3 heterocycles. The number of thiophene rings is 1. The van der Waals surface area contributed by atoms with Crippen LogP contribution in [0.25, 0.3) is 0 Å². The number of aryl methyl sites for hydroxylation is 1. The highest BCUT2D eigenvalue weighted by molar-refractivity contribution is 7.10. The molecule has 22 heavy (non-hydrogen) atoms. The van der Waals surface area contributed by atoms with Crippen LogP contribution in [0.1, 0.15) is 65.3 Å². The molecule has 1 N–H and O–H groups in total. The van der Waals surface area contributed by atoms with Gasteiger partial charge in [0.15, 0.2) is 0 Å². The number of carbonyl (C=O) groups is 1. The Morgan fingerprint density at radius 3 is 2.95 bits per heavy atom. The van der Waals surface area contributed by atoms with Crippen LogP contribution >= 0.6 is 11.3 Å². The Morgan fingerprint density at radius 2 is 2.32 bits per heavy atom. The van der Waals surface area contributed by atoms with Crippen LogP contribution < -0.4 is 0 Å². The number of nitrogens with one attached hydrogen (secondary N) is 1. The van der Waals surface area contributed by atoms with E-state index in [1.807, 2.05) is 23.4 Å². The van der Waals surface area contributed by atoms with Crippen molar-refractivity contribution >= 4 is 17.2 Å². The first-order chi connectivity index (χ1) is 10.5. The number of nitrogens with zero attached hydrogens (tertiary/aromatic N) is 2. The van der Waals surface area contributed by atoms with E-state index >= 15 is 0 Å². The van der Waals surface area contributed by atoms with Crippen LogP contribution in [0.4, 0.5) is 0 Å². The van der Waals surface area contributed by atoms with Crippen LogP contribution in [0.15, 0.2) is 17.6 Å². The third kappa shape index (κ3) is 3.09. The fourth-order valence-corrected chi connectivity index (χ4v) is 3.87. The monoisotopic (exact) mass is 317 g/mol. The van der Waals surface area contributed by atoms with Crippen LogP contribution in [0.2, 0.25) is 0 Å². The molecule has 0 aromatic carbocycles. The molecule has 2 aromatic heterocycles. The van der Waals surface area contributed by atoms with Gasteiger partial charge in [-0.15, -0.1) is 11.3 Å². The molecular weight excluding hydrogens is 294 g/mol. The number of piperidine rings is 1. The van der Waals surface area contributed by atoms with Gasteiger partial charge in [0, 0.05) is 41.2 Å². The number of carbonyl (C=O) groups excluding carboxylic acids is 1. The second-order valence-corrected chi connectivity index (χ2v) is 7.38. The van der Waals surface area contributed by atoms with Crippen LogP contribution in [-0.2, 0) is 0 Å². The molecule has 3 rings (SSSR count). The minimum atomic E-state index is 0.163. The molecular formula is C17H23N3OS. The van der Waals surface area contributed by atoms with Crippen LogP contribution in [0, 0.1) is 6.92 Å². The molecule has 0 bridgehead atoms. The van der Waals surface area contributed by atoms with E-state index in [2.05, 4.69) is 29.9 Å². The molecule has 1 aliphatic heterocycles. The largest absolute Gasteiger partial charge is 0.346 e. The Kier molecular flexibility index (Phi) is 4.34. The van der Waals surface area contributed by atoms with Gasteiger partial charge >= 0.3 is 0 Å². The normalized spacial score (nSPS) is 18.9. The topological polar surface area (TPSA) is 49.0 Å². The molecule has 0 saturated carbocycles. The third-order valence-corrected chi connectivity index (χ3v) is 5.49. The summed E-state index contributed by atoms with van der Waals surface area (Å²) in [5.74, 6) is 1.99. The average Bonchev–Trinajstić information content (AvgIpc) is 3.15. The molecule has 5 heteroatoms. The first-order valence-electron chi connectivity index (χ1n) is 7.94. The van der Waals surface area contributed by atoms with Gasteiger partial charge in [-0.1, -0.05) is 13.8 Å². The van der Waals surface area contributed by atoms with E-state index < -0.39 is 0 Å². The van der Waals surface area contributed by atoms with E-state index in [0.29, 0.717) is 11.8 Å². The van der Waals surface area contributed by atoms with E-state index in [-0.39, 0.29) is 5.91 Å². The van der Waals surface area contributed by atoms with E-state index in [0.717, 1.165) is 43.0 Å². The number of hydrogen-bond donors (Lipinski definition) is 1. The van der Waals surface area contributed by atoms with Crippen molar-refractivity contribution < 1.29 is 4.79 Å². The molecule has 0 spiro atoms. The molecule has 1 aliphatic rings. The van der Waals surface area contributed by atoms with Crippen molar-refractivity contribution in [3.63, 3.8) is 0 Å². The summed E-state index contributed by atoms with van der Waals surface area (Å²) < 4.78 is 0.